The number of thiophene rings is 1. The zero-order valence-electron chi connectivity index (χ0n) is 10.7. The lowest BCUT2D eigenvalue weighted by Gasteiger charge is -2.05. The molecule has 4 nitrogen and oxygen atoms in total. The molecule has 100 valence electrons. The van der Waals surface area contributed by atoms with E-state index in [1.165, 1.54) is 6.42 Å². The fourth-order valence-corrected chi connectivity index (χ4v) is 2.14. The number of unbranched alkanes of at least 4 members (excludes halogenated alkanes) is 3. The summed E-state index contributed by atoms with van der Waals surface area (Å²) in [5.74, 6) is -1.10. The third-order valence-electron chi connectivity index (χ3n) is 2.53. The summed E-state index contributed by atoms with van der Waals surface area (Å²) in [7, 11) is 0. The van der Waals surface area contributed by atoms with Gasteiger partial charge in [-0.2, -0.15) is 0 Å². The molecule has 1 rings (SSSR count). The topological polar surface area (TPSA) is 58.2 Å². The molecule has 0 aliphatic rings. The molecule has 2 amide bonds. The van der Waals surface area contributed by atoms with Crippen molar-refractivity contribution >= 4 is 23.2 Å². The monoisotopic (exact) mass is 268 g/mol. The Bertz CT molecular complexity index is 363. The number of carbonyl (C=O) groups excluding carboxylic acids is 2. The molecule has 1 aromatic heterocycles. The number of hydrogen-bond acceptors (Lipinski definition) is 3. The highest BCUT2D eigenvalue weighted by molar-refractivity contribution is 7.09. The third kappa shape index (κ3) is 5.82. The lowest BCUT2D eigenvalue weighted by Crippen LogP contribution is -2.39. The van der Waals surface area contributed by atoms with Gasteiger partial charge in [-0.1, -0.05) is 32.3 Å². The summed E-state index contributed by atoms with van der Waals surface area (Å²) in [5.41, 5.74) is 0. The first kappa shape index (κ1) is 14.7. The van der Waals surface area contributed by atoms with Gasteiger partial charge < -0.3 is 10.6 Å². The van der Waals surface area contributed by atoms with Gasteiger partial charge in [0.15, 0.2) is 0 Å². The van der Waals surface area contributed by atoms with Gasteiger partial charge in [0.25, 0.3) is 0 Å². The zero-order valence-corrected chi connectivity index (χ0v) is 11.5. The van der Waals surface area contributed by atoms with Gasteiger partial charge >= 0.3 is 11.8 Å². The summed E-state index contributed by atoms with van der Waals surface area (Å²) in [6.07, 6.45) is 4.35. The molecule has 1 heterocycles. The molecule has 0 aliphatic carbocycles. The summed E-state index contributed by atoms with van der Waals surface area (Å²) in [5, 5.41) is 7.16. The van der Waals surface area contributed by atoms with Gasteiger partial charge in [-0.3, -0.25) is 9.59 Å². The highest BCUT2D eigenvalue weighted by Crippen LogP contribution is 2.07. The second kappa shape index (κ2) is 8.69. The van der Waals surface area contributed by atoms with Crippen LogP contribution < -0.4 is 10.6 Å². The van der Waals surface area contributed by atoms with Crippen molar-refractivity contribution in [2.45, 2.75) is 39.2 Å². The lowest BCUT2D eigenvalue weighted by molar-refractivity contribution is -0.139. The zero-order chi connectivity index (χ0) is 13.2. The third-order valence-corrected chi connectivity index (χ3v) is 3.40. The van der Waals surface area contributed by atoms with Crippen LogP contribution in [-0.4, -0.2) is 18.4 Å². The Morgan fingerprint density at radius 3 is 2.61 bits per heavy atom. The Kier molecular flexibility index (Phi) is 7.10. The Hall–Kier alpha value is -1.36. The Morgan fingerprint density at radius 1 is 1.17 bits per heavy atom. The maximum atomic E-state index is 11.4. The van der Waals surface area contributed by atoms with E-state index in [4.69, 9.17) is 0 Å². The van der Waals surface area contributed by atoms with Crippen molar-refractivity contribution in [1.82, 2.24) is 10.6 Å². The molecular formula is C13H20N2O2S. The number of rotatable bonds is 7. The molecule has 18 heavy (non-hydrogen) atoms. The molecule has 1 aromatic rings. The van der Waals surface area contributed by atoms with Crippen LogP contribution >= 0.6 is 11.3 Å². The Balaban J connectivity index is 2.11. The Labute approximate surface area is 112 Å². The molecule has 0 bridgehead atoms. The predicted molar refractivity (Wildman–Crippen MR) is 73.3 cm³/mol. The second-order valence-electron chi connectivity index (χ2n) is 4.08. The molecule has 0 spiro atoms. The number of hydrogen-bond donors (Lipinski definition) is 2. The molecule has 0 saturated carbocycles. The molecule has 0 radical (unpaired) electrons. The highest BCUT2D eigenvalue weighted by atomic mass is 32.1. The first-order valence-electron chi connectivity index (χ1n) is 6.32. The number of amides is 2. The molecule has 0 fully saturated rings. The molecule has 0 aliphatic heterocycles. The first-order valence-corrected chi connectivity index (χ1v) is 7.20. The van der Waals surface area contributed by atoms with Gasteiger partial charge in [-0.15, -0.1) is 11.3 Å². The van der Waals surface area contributed by atoms with Gasteiger partial charge in [0.1, 0.15) is 0 Å². The molecule has 2 N–H and O–H groups in total. The SMILES string of the molecule is CCCCCCNC(=O)C(=O)NCc1cccs1. The normalized spacial score (nSPS) is 10.1. The van der Waals surface area contributed by atoms with E-state index in [0.29, 0.717) is 13.1 Å². The van der Waals surface area contributed by atoms with Gasteiger partial charge in [-0.25, -0.2) is 0 Å². The van der Waals surface area contributed by atoms with Crippen molar-refractivity contribution in [3.8, 4) is 0 Å². The van der Waals surface area contributed by atoms with Crippen LogP contribution in [0.4, 0.5) is 0 Å². The smallest absolute Gasteiger partial charge is 0.309 e. The van der Waals surface area contributed by atoms with E-state index in [1.807, 2.05) is 17.5 Å². The quantitative estimate of drug-likeness (QED) is 0.587. The van der Waals surface area contributed by atoms with E-state index in [1.54, 1.807) is 11.3 Å². The van der Waals surface area contributed by atoms with Crippen LogP contribution in [0.3, 0.4) is 0 Å². The van der Waals surface area contributed by atoms with Crippen LogP contribution in [0.15, 0.2) is 17.5 Å². The van der Waals surface area contributed by atoms with E-state index in [9.17, 15) is 9.59 Å². The average Bonchev–Trinajstić information content (AvgIpc) is 2.88. The maximum absolute atomic E-state index is 11.4. The number of nitrogens with one attached hydrogen (secondary N) is 2. The van der Waals surface area contributed by atoms with Gasteiger partial charge in [0.2, 0.25) is 0 Å². The summed E-state index contributed by atoms with van der Waals surface area (Å²) >= 11 is 1.56. The average molecular weight is 268 g/mol. The van der Waals surface area contributed by atoms with E-state index in [0.717, 1.165) is 24.1 Å². The van der Waals surface area contributed by atoms with Crippen LogP contribution in [-0.2, 0) is 16.1 Å². The fraction of sp³-hybridized carbons (Fsp3) is 0.538. The van der Waals surface area contributed by atoms with Gasteiger partial charge in [0.05, 0.1) is 6.54 Å². The second-order valence-corrected chi connectivity index (χ2v) is 5.11. The van der Waals surface area contributed by atoms with Crippen molar-refractivity contribution in [3.63, 3.8) is 0 Å². The highest BCUT2D eigenvalue weighted by Gasteiger charge is 2.11. The van der Waals surface area contributed by atoms with Gasteiger partial charge in [0, 0.05) is 11.4 Å². The largest absolute Gasteiger partial charge is 0.348 e. The van der Waals surface area contributed by atoms with Crippen LogP contribution in [0.5, 0.6) is 0 Å². The Morgan fingerprint density at radius 2 is 1.94 bits per heavy atom. The summed E-state index contributed by atoms with van der Waals surface area (Å²) in [6, 6.07) is 3.84. The van der Waals surface area contributed by atoms with E-state index in [2.05, 4.69) is 17.6 Å². The van der Waals surface area contributed by atoms with Crippen molar-refractivity contribution in [3.05, 3.63) is 22.4 Å². The van der Waals surface area contributed by atoms with Gasteiger partial charge in [-0.05, 0) is 17.9 Å². The summed E-state index contributed by atoms with van der Waals surface area (Å²) in [6.45, 7) is 3.13. The molecule has 0 saturated heterocycles. The molecule has 0 unspecified atom stereocenters. The van der Waals surface area contributed by atoms with E-state index in [-0.39, 0.29) is 0 Å². The summed E-state index contributed by atoms with van der Waals surface area (Å²) < 4.78 is 0. The molecule has 5 heteroatoms. The standard InChI is InChI=1S/C13H20N2O2S/c1-2-3-4-5-8-14-12(16)13(17)15-10-11-7-6-9-18-11/h6-7,9H,2-5,8,10H2,1H3,(H,14,16)(H,15,17). The van der Waals surface area contributed by atoms with Crippen molar-refractivity contribution in [1.29, 1.82) is 0 Å². The molecule has 0 atom stereocenters. The minimum Gasteiger partial charge on any atom is -0.348 e. The van der Waals surface area contributed by atoms with Crippen LogP contribution in [0.1, 0.15) is 37.5 Å². The molecular weight excluding hydrogens is 248 g/mol. The number of carbonyl (C=O) groups is 2. The summed E-state index contributed by atoms with van der Waals surface area (Å²) in [4.78, 5) is 23.9. The van der Waals surface area contributed by atoms with Crippen molar-refractivity contribution in [2.75, 3.05) is 6.54 Å². The van der Waals surface area contributed by atoms with Crippen molar-refractivity contribution in [2.24, 2.45) is 0 Å². The van der Waals surface area contributed by atoms with Crippen LogP contribution in [0.2, 0.25) is 0 Å². The van der Waals surface area contributed by atoms with E-state index < -0.39 is 11.8 Å². The van der Waals surface area contributed by atoms with Crippen LogP contribution in [0, 0.1) is 0 Å². The van der Waals surface area contributed by atoms with Crippen molar-refractivity contribution < 1.29 is 9.59 Å². The predicted octanol–water partition coefficient (Wildman–Crippen LogP) is 2.06. The maximum Gasteiger partial charge on any atom is 0.309 e. The minimum absolute atomic E-state index is 0.416. The van der Waals surface area contributed by atoms with E-state index >= 15 is 0 Å². The lowest BCUT2D eigenvalue weighted by atomic mass is 10.2. The fourth-order valence-electron chi connectivity index (χ4n) is 1.49. The first-order chi connectivity index (χ1) is 8.74. The molecule has 0 aromatic carbocycles. The minimum atomic E-state index is -0.557. The van der Waals surface area contributed by atoms with Crippen LogP contribution in [0.25, 0.3) is 0 Å².